The summed E-state index contributed by atoms with van der Waals surface area (Å²) in [5, 5.41) is 4.49. The molecule has 1 atom stereocenters. The average Bonchev–Trinajstić information content (AvgIpc) is 3.31. The van der Waals surface area contributed by atoms with Gasteiger partial charge in [0.25, 0.3) is 5.56 Å². The molecule has 0 bridgehead atoms. The van der Waals surface area contributed by atoms with Gasteiger partial charge in [-0.2, -0.15) is 4.98 Å². The number of para-hydroxylation sites is 2. The Bertz CT molecular complexity index is 1470. The Labute approximate surface area is 186 Å². The van der Waals surface area contributed by atoms with E-state index in [1.807, 2.05) is 43.3 Å². The molecule has 2 heterocycles. The Hall–Kier alpha value is -3.78. The molecule has 0 fully saturated rings. The van der Waals surface area contributed by atoms with Crippen LogP contribution < -0.4 is 5.56 Å². The van der Waals surface area contributed by atoms with Crippen LogP contribution in [0.25, 0.3) is 28.0 Å². The van der Waals surface area contributed by atoms with Gasteiger partial charge in [0.2, 0.25) is 11.7 Å². The maximum absolute atomic E-state index is 14.6. The van der Waals surface area contributed by atoms with Crippen LogP contribution in [0.15, 0.2) is 93.3 Å². The summed E-state index contributed by atoms with van der Waals surface area (Å²) in [5.41, 5.74) is 1.17. The van der Waals surface area contributed by atoms with Crippen LogP contribution in [0.5, 0.6) is 0 Å². The zero-order chi connectivity index (χ0) is 22.1. The maximum Gasteiger partial charge on any atom is 0.266 e. The fraction of sp³-hybridized carbons (Fsp3) is 0.0833. The summed E-state index contributed by atoms with van der Waals surface area (Å²) in [6, 6.07) is 22.7. The molecule has 0 N–H and O–H groups in total. The lowest BCUT2D eigenvalue weighted by atomic mass is 10.2. The Morgan fingerprint density at radius 1 is 0.938 bits per heavy atom. The number of thioether (sulfide) groups is 1. The topological polar surface area (TPSA) is 73.8 Å². The molecule has 0 aliphatic heterocycles. The SMILES string of the molecule is CC(Sc1nc2ccccc2c(=O)n1-c1ccccc1F)c1nc(-c2ccccc2)no1. The van der Waals surface area contributed by atoms with Gasteiger partial charge in [0.15, 0.2) is 5.16 Å². The van der Waals surface area contributed by atoms with Gasteiger partial charge in [-0.15, -0.1) is 0 Å². The molecule has 5 aromatic rings. The van der Waals surface area contributed by atoms with E-state index in [-0.39, 0.29) is 16.5 Å². The van der Waals surface area contributed by atoms with E-state index in [4.69, 9.17) is 4.52 Å². The van der Waals surface area contributed by atoms with Crippen LogP contribution in [0.1, 0.15) is 18.1 Å². The van der Waals surface area contributed by atoms with Crippen molar-refractivity contribution in [2.45, 2.75) is 17.3 Å². The first-order valence-corrected chi connectivity index (χ1v) is 10.8. The second-order valence-corrected chi connectivity index (χ2v) is 8.39. The predicted molar refractivity (Wildman–Crippen MR) is 121 cm³/mol. The third-order valence-electron chi connectivity index (χ3n) is 4.94. The standard InChI is InChI=1S/C24H17FN4O2S/c1-15(22-27-21(28-31-22)16-9-3-2-4-10-16)32-24-26-19-13-7-5-11-17(19)23(30)29(24)20-14-8-6-12-18(20)25/h2-15H,1H3. The fourth-order valence-electron chi connectivity index (χ4n) is 3.35. The van der Waals surface area contributed by atoms with Gasteiger partial charge >= 0.3 is 0 Å². The maximum atomic E-state index is 14.6. The highest BCUT2D eigenvalue weighted by Crippen LogP contribution is 2.35. The van der Waals surface area contributed by atoms with Crippen molar-refractivity contribution in [3.05, 3.63) is 101 Å². The zero-order valence-electron chi connectivity index (χ0n) is 17.0. The van der Waals surface area contributed by atoms with Crippen molar-refractivity contribution in [2.24, 2.45) is 0 Å². The molecule has 0 amide bonds. The highest BCUT2D eigenvalue weighted by Gasteiger charge is 2.22. The first-order valence-electron chi connectivity index (χ1n) is 9.94. The Kier molecular flexibility index (Phi) is 5.28. The summed E-state index contributed by atoms with van der Waals surface area (Å²) >= 11 is 1.25. The minimum absolute atomic E-state index is 0.140. The van der Waals surface area contributed by atoms with E-state index in [0.717, 1.165) is 5.56 Å². The number of fused-ring (bicyclic) bond motifs is 1. The van der Waals surface area contributed by atoms with Crippen LogP contribution in [0.3, 0.4) is 0 Å². The second-order valence-electron chi connectivity index (χ2n) is 7.09. The first kappa shape index (κ1) is 20.1. The summed E-state index contributed by atoms with van der Waals surface area (Å²) in [6.45, 7) is 1.87. The van der Waals surface area contributed by atoms with Crippen molar-refractivity contribution >= 4 is 22.7 Å². The fourth-order valence-corrected chi connectivity index (χ4v) is 4.30. The Morgan fingerprint density at radius 3 is 2.47 bits per heavy atom. The lowest BCUT2D eigenvalue weighted by molar-refractivity contribution is 0.380. The Morgan fingerprint density at radius 2 is 1.66 bits per heavy atom. The number of hydrogen-bond acceptors (Lipinski definition) is 6. The van der Waals surface area contributed by atoms with Gasteiger partial charge < -0.3 is 4.52 Å². The van der Waals surface area contributed by atoms with E-state index >= 15 is 0 Å². The molecule has 0 saturated carbocycles. The van der Waals surface area contributed by atoms with E-state index in [9.17, 15) is 9.18 Å². The largest absolute Gasteiger partial charge is 0.338 e. The summed E-state index contributed by atoms with van der Waals surface area (Å²) < 4.78 is 21.4. The third kappa shape index (κ3) is 3.69. The van der Waals surface area contributed by atoms with Crippen molar-refractivity contribution in [1.29, 1.82) is 0 Å². The zero-order valence-corrected chi connectivity index (χ0v) is 17.8. The number of benzene rings is 3. The monoisotopic (exact) mass is 444 g/mol. The molecule has 6 nitrogen and oxygen atoms in total. The highest BCUT2D eigenvalue weighted by molar-refractivity contribution is 7.99. The second kappa shape index (κ2) is 8.39. The van der Waals surface area contributed by atoms with Crippen molar-refractivity contribution in [2.75, 3.05) is 0 Å². The smallest absolute Gasteiger partial charge is 0.266 e. The summed E-state index contributed by atoms with van der Waals surface area (Å²) in [4.78, 5) is 22.4. The predicted octanol–water partition coefficient (Wildman–Crippen LogP) is 5.43. The quantitative estimate of drug-likeness (QED) is 0.266. The molecule has 3 aromatic carbocycles. The molecule has 5 rings (SSSR count). The number of nitrogens with zero attached hydrogens (tertiary/aromatic N) is 4. The molecular weight excluding hydrogens is 427 g/mol. The highest BCUT2D eigenvalue weighted by atomic mass is 32.2. The third-order valence-corrected chi connectivity index (χ3v) is 5.98. The van der Waals surface area contributed by atoms with Gasteiger partial charge in [0.05, 0.1) is 21.8 Å². The number of rotatable bonds is 5. The summed E-state index contributed by atoms with van der Waals surface area (Å²) in [7, 11) is 0. The minimum Gasteiger partial charge on any atom is -0.338 e. The van der Waals surface area contributed by atoms with E-state index in [1.165, 1.54) is 22.4 Å². The molecule has 2 aromatic heterocycles. The molecule has 0 spiro atoms. The lowest BCUT2D eigenvalue weighted by Gasteiger charge is -2.15. The molecule has 8 heteroatoms. The van der Waals surface area contributed by atoms with Gasteiger partial charge in [0.1, 0.15) is 5.82 Å². The molecule has 0 aliphatic rings. The van der Waals surface area contributed by atoms with Crippen LogP contribution in [0, 0.1) is 5.82 Å². The number of hydrogen-bond donors (Lipinski definition) is 0. The van der Waals surface area contributed by atoms with Gasteiger partial charge in [-0.1, -0.05) is 71.5 Å². The van der Waals surface area contributed by atoms with E-state index < -0.39 is 5.82 Å². The lowest BCUT2D eigenvalue weighted by Crippen LogP contribution is -2.22. The molecule has 0 saturated heterocycles. The van der Waals surface area contributed by atoms with Crippen molar-refractivity contribution < 1.29 is 8.91 Å². The van der Waals surface area contributed by atoms with Crippen molar-refractivity contribution in [3.8, 4) is 17.1 Å². The van der Waals surface area contributed by atoms with Crippen LogP contribution in [0.4, 0.5) is 4.39 Å². The molecule has 0 aliphatic carbocycles. The van der Waals surface area contributed by atoms with Crippen molar-refractivity contribution in [3.63, 3.8) is 0 Å². The van der Waals surface area contributed by atoms with Crippen LogP contribution in [0.2, 0.25) is 0 Å². The normalized spacial score (nSPS) is 12.2. The van der Waals surface area contributed by atoms with Gasteiger partial charge in [-0.25, -0.2) is 9.37 Å². The molecule has 1 unspecified atom stereocenters. The van der Waals surface area contributed by atoms with Gasteiger partial charge in [-0.3, -0.25) is 9.36 Å². The van der Waals surface area contributed by atoms with Gasteiger partial charge in [0, 0.05) is 5.56 Å². The van der Waals surface area contributed by atoms with Gasteiger partial charge in [-0.05, 0) is 31.2 Å². The number of aromatic nitrogens is 4. The number of halogens is 1. The van der Waals surface area contributed by atoms with Crippen LogP contribution in [-0.4, -0.2) is 19.7 Å². The van der Waals surface area contributed by atoms with Crippen LogP contribution >= 0.6 is 11.8 Å². The minimum atomic E-state index is -0.509. The summed E-state index contributed by atoms with van der Waals surface area (Å²) in [5.74, 6) is 0.354. The molecule has 32 heavy (non-hydrogen) atoms. The molecule has 0 radical (unpaired) electrons. The molecule has 158 valence electrons. The first-order chi connectivity index (χ1) is 15.6. The summed E-state index contributed by atoms with van der Waals surface area (Å²) in [6.07, 6.45) is 0. The van der Waals surface area contributed by atoms with E-state index in [1.54, 1.807) is 36.4 Å². The molecular formula is C24H17FN4O2S. The van der Waals surface area contributed by atoms with E-state index in [0.29, 0.717) is 27.8 Å². The van der Waals surface area contributed by atoms with E-state index in [2.05, 4.69) is 15.1 Å². The average molecular weight is 444 g/mol. The van der Waals surface area contributed by atoms with Crippen molar-refractivity contribution in [1.82, 2.24) is 19.7 Å². The van der Waals surface area contributed by atoms with Crippen LogP contribution in [-0.2, 0) is 0 Å². The Balaban J connectivity index is 1.58.